The maximum atomic E-state index is 13.4. The van der Waals surface area contributed by atoms with Gasteiger partial charge in [-0.15, -0.1) is 0 Å². The fourth-order valence-electron chi connectivity index (χ4n) is 4.27. The van der Waals surface area contributed by atoms with Crippen LogP contribution in [-0.2, 0) is 9.59 Å². The van der Waals surface area contributed by atoms with E-state index in [1.807, 2.05) is 20.8 Å². The molecule has 1 atom stereocenters. The zero-order chi connectivity index (χ0) is 26.7. The van der Waals surface area contributed by atoms with Gasteiger partial charge in [-0.05, 0) is 68.8 Å². The van der Waals surface area contributed by atoms with E-state index in [2.05, 4.69) is 0 Å². The van der Waals surface area contributed by atoms with Crippen molar-refractivity contribution in [2.75, 3.05) is 18.6 Å². The minimum atomic E-state index is -0.897. The number of ether oxygens (including phenoxy) is 3. The van der Waals surface area contributed by atoms with E-state index in [9.17, 15) is 14.7 Å². The highest BCUT2D eigenvalue weighted by Crippen LogP contribution is 2.43. The smallest absolute Gasteiger partial charge is 0.300 e. The lowest BCUT2D eigenvalue weighted by atomic mass is 9.95. The highest BCUT2D eigenvalue weighted by atomic mass is 35.5. The molecule has 1 unspecified atom stereocenters. The van der Waals surface area contributed by atoms with Gasteiger partial charge in [-0.25, -0.2) is 0 Å². The Morgan fingerprint density at radius 1 is 1.03 bits per heavy atom. The molecule has 37 heavy (non-hydrogen) atoms. The number of amides is 1. The zero-order valence-corrected chi connectivity index (χ0v) is 21.8. The summed E-state index contributed by atoms with van der Waals surface area (Å²) in [5.41, 5.74) is 1.33. The molecule has 0 aliphatic carbocycles. The predicted octanol–water partition coefficient (Wildman–Crippen LogP) is 6.16. The van der Waals surface area contributed by atoms with Gasteiger partial charge in [-0.3, -0.25) is 14.5 Å². The number of hydrogen-bond donors (Lipinski definition) is 1. The van der Waals surface area contributed by atoms with Crippen molar-refractivity contribution in [1.29, 1.82) is 0 Å². The molecule has 0 saturated carbocycles. The summed E-state index contributed by atoms with van der Waals surface area (Å²) in [5.74, 6) is -0.275. The summed E-state index contributed by atoms with van der Waals surface area (Å²) >= 11 is 6.28. The third-order valence-corrected chi connectivity index (χ3v) is 6.14. The molecule has 8 heteroatoms. The largest absolute Gasteiger partial charge is 0.507 e. The summed E-state index contributed by atoms with van der Waals surface area (Å²) in [6.07, 6.45) is -0.0161. The van der Waals surface area contributed by atoms with E-state index in [1.165, 1.54) is 18.1 Å². The number of aliphatic hydroxyl groups is 1. The number of Topliss-reactive ketones (excluding diaryl/α,β-unsaturated/α-hetero) is 1. The summed E-state index contributed by atoms with van der Waals surface area (Å²) in [5, 5.41) is 11.6. The van der Waals surface area contributed by atoms with Crippen molar-refractivity contribution in [2.24, 2.45) is 0 Å². The van der Waals surface area contributed by atoms with E-state index < -0.39 is 17.7 Å². The topological polar surface area (TPSA) is 85.3 Å². The summed E-state index contributed by atoms with van der Waals surface area (Å²) in [7, 11) is 1.48. The first-order chi connectivity index (χ1) is 17.7. The number of rotatable bonds is 8. The van der Waals surface area contributed by atoms with Crippen molar-refractivity contribution in [3.05, 3.63) is 88.5 Å². The van der Waals surface area contributed by atoms with Crippen molar-refractivity contribution < 1.29 is 28.9 Å². The highest BCUT2D eigenvalue weighted by molar-refractivity contribution is 6.51. The summed E-state index contributed by atoms with van der Waals surface area (Å²) < 4.78 is 16.6. The lowest BCUT2D eigenvalue weighted by Gasteiger charge is -2.26. The first kappa shape index (κ1) is 26.1. The first-order valence-corrected chi connectivity index (χ1v) is 12.3. The van der Waals surface area contributed by atoms with E-state index in [0.717, 1.165) is 0 Å². The van der Waals surface area contributed by atoms with Crippen molar-refractivity contribution in [2.45, 2.75) is 32.9 Å². The summed E-state index contributed by atoms with van der Waals surface area (Å²) in [6.45, 7) is 6.16. The molecule has 0 spiro atoms. The van der Waals surface area contributed by atoms with Crippen LogP contribution in [0.15, 0.2) is 72.3 Å². The average Bonchev–Trinajstić information content (AvgIpc) is 3.14. The molecule has 1 aliphatic rings. The van der Waals surface area contributed by atoms with Crippen molar-refractivity contribution in [3.8, 4) is 17.2 Å². The van der Waals surface area contributed by atoms with E-state index in [1.54, 1.807) is 60.7 Å². The Morgan fingerprint density at radius 3 is 2.38 bits per heavy atom. The fourth-order valence-corrected chi connectivity index (χ4v) is 4.53. The predicted molar refractivity (Wildman–Crippen MR) is 143 cm³/mol. The number of carbonyl (C=O) groups is 2. The normalized spacial score (nSPS) is 16.8. The van der Waals surface area contributed by atoms with Crippen molar-refractivity contribution in [3.63, 3.8) is 0 Å². The quantitative estimate of drug-likeness (QED) is 0.217. The molecule has 0 radical (unpaired) electrons. The molecule has 1 saturated heterocycles. The molecule has 1 aliphatic heterocycles. The number of carbonyl (C=O) groups excluding carboxylic acids is 2. The van der Waals surface area contributed by atoms with Gasteiger partial charge in [0.25, 0.3) is 11.7 Å². The summed E-state index contributed by atoms with van der Waals surface area (Å²) in [4.78, 5) is 28.2. The molecular formula is C29H28ClNO6. The van der Waals surface area contributed by atoms with E-state index in [4.69, 9.17) is 25.8 Å². The van der Waals surface area contributed by atoms with Gasteiger partial charge in [0.05, 0.1) is 36.5 Å². The van der Waals surface area contributed by atoms with Crippen LogP contribution >= 0.6 is 11.6 Å². The minimum Gasteiger partial charge on any atom is -0.507 e. The molecule has 1 heterocycles. The van der Waals surface area contributed by atoms with E-state index >= 15 is 0 Å². The molecule has 0 bridgehead atoms. The van der Waals surface area contributed by atoms with E-state index in [-0.39, 0.29) is 28.0 Å². The second kappa shape index (κ2) is 11.0. The Bertz CT molecular complexity index is 1350. The second-order valence-electron chi connectivity index (χ2n) is 8.68. The van der Waals surface area contributed by atoms with Crippen LogP contribution in [0.5, 0.6) is 17.2 Å². The minimum absolute atomic E-state index is 0.0161. The van der Waals surface area contributed by atoms with Gasteiger partial charge in [0.2, 0.25) is 0 Å². The van der Waals surface area contributed by atoms with Gasteiger partial charge in [0, 0.05) is 17.3 Å². The SMILES string of the molecule is CCOc1cccc(N2C(=O)C(=O)/C(=C(/O)c3ccc(OC)c(Cl)c3)C2c2ccc(OC(C)C)cc2)c1. The average molecular weight is 522 g/mol. The number of aliphatic hydroxyl groups excluding tert-OH is 1. The molecule has 7 nitrogen and oxygen atoms in total. The zero-order valence-electron chi connectivity index (χ0n) is 21.0. The lowest BCUT2D eigenvalue weighted by molar-refractivity contribution is -0.132. The van der Waals surface area contributed by atoms with Gasteiger partial charge in [0.1, 0.15) is 23.0 Å². The van der Waals surface area contributed by atoms with Crippen LogP contribution < -0.4 is 19.1 Å². The van der Waals surface area contributed by atoms with Gasteiger partial charge in [0.15, 0.2) is 0 Å². The molecule has 3 aromatic carbocycles. The highest BCUT2D eigenvalue weighted by Gasteiger charge is 2.47. The molecule has 1 fully saturated rings. The van der Waals surface area contributed by atoms with Crippen LogP contribution in [0.2, 0.25) is 5.02 Å². The molecule has 0 aromatic heterocycles. The van der Waals surface area contributed by atoms with E-state index in [0.29, 0.717) is 35.1 Å². The maximum Gasteiger partial charge on any atom is 0.300 e. The van der Waals surface area contributed by atoms with Crippen LogP contribution in [0.4, 0.5) is 5.69 Å². The monoisotopic (exact) mass is 521 g/mol. The van der Waals surface area contributed by atoms with Crippen molar-refractivity contribution >= 4 is 34.7 Å². The third-order valence-electron chi connectivity index (χ3n) is 5.84. The Morgan fingerprint density at radius 2 is 1.76 bits per heavy atom. The molecular weight excluding hydrogens is 494 g/mol. The number of nitrogens with zero attached hydrogens (tertiary/aromatic N) is 1. The first-order valence-electron chi connectivity index (χ1n) is 11.9. The van der Waals surface area contributed by atoms with Gasteiger partial charge in [-0.2, -0.15) is 0 Å². The Labute approximate surface area is 220 Å². The Hall–Kier alpha value is -3.97. The third kappa shape index (κ3) is 5.27. The van der Waals surface area contributed by atoms with Crippen LogP contribution in [0.1, 0.15) is 37.9 Å². The molecule has 1 amide bonds. The number of hydrogen-bond acceptors (Lipinski definition) is 6. The van der Waals surface area contributed by atoms with Crippen LogP contribution in [0.3, 0.4) is 0 Å². The summed E-state index contributed by atoms with van der Waals surface area (Å²) in [6, 6.07) is 17.8. The van der Waals surface area contributed by atoms with Gasteiger partial charge < -0.3 is 19.3 Å². The van der Waals surface area contributed by atoms with Crippen molar-refractivity contribution in [1.82, 2.24) is 0 Å². The molecule has 192 valence electrons. The number of anilines is 1. The van der Waals surface area contributed by atoms with Crippen LogP contribution in [0, 0.1) is 0 Å². The number of benzene rings is 3. The Balaban J connectivity index is 1.89. The number of ketones is 1. The second-order valence-corrected chi connectivity index (χ2v) is 9.09. The standard InChI is InChI=1S/C29H28ClNO6/c1-5-36-22-8-6-7-20(16-22)31-26(18-9-12-21(13-10-18)37-17(2)3)25(28(33)29(31)34)27(32)19-11-14-24(35-4)23(30)15-19/h6-17,26,32H,5H2,1-4H3/b27-25+. The molecule has 4 rings (SSSR count). The van der Waals surface area contributed by atoms with Crippen LogP contribution in [-0.4, -0.2) is 36.6 Å². The molecule has 3 aromatic rings. The number of halogens is 1. The van der Waals surface area contributed by atoms with Crippen LogP contribution in [0.25, 0.3) is 5.76 Å². The Kier molecular flexibility index (Phi) is 7.74. The fraction of sp³-hybridized carbons (Fsp3) is 0.241. The lowest BCUT2D eigenvalue weighted by Crippen LogP contribution is -2.29. The maximum absolute atomic E-state index is 13.4. The van der Waals surface area contributed by atoms with Gasteiger partial charge in [-0.1, -0.05) is 29.8 Å². The van der Waals surface area contributed by atoms with Gasteiger partial charge >= 0.3 is 0 Å². The molecule has 1 N–H and O–H groups in total. The number of methoxy groups -OCH3 is 1.